The van der Waals surface area contributed by atoms with E-state index in [0.29, 0.717) is 0 Å². The van der Waals surface area contributed by atoms with E-state index in [1.165, 1.54) is 5.56 Å². The molecular formula is C23H25NO. The predicted molar refractivity (Wildman–Crippen MR) is 103 cm³/mol. The molecule has 3 aromatic rings. The van der Waals surface area contributed by atoms with Crippen molar-refractivity contribution in [2.75, 3.05) is 7.05 Å². The van der Waals surface area contributed by atoms with Crippen LogP contribution in [-0.2, 0) is 12.1 Å². The average Bonchev–Trinajstić information content (AvgIpc) is 2.69. The van der Waals surface area contributed by atoms with E-state index in [2.05, 4.69) is 43.1 Å². The van der Waals surface area contributed by atoms with Crippen LogP contribution in [0.5, 0.6) is 0 Å². The lowest BCUT2D eigenvalue weighted by atomic mass is 9.80. The van der Waals surface area contributed by atoms with Gasteiger partial charge in [-0.05, 0) is 30.7 Å². The zero-order valence-electron chi connectivity index (χ0n) is 14.8. The minimum Gasteiger partial charge on any atom is -0.379 e. The van der Waals surface area contributed by atoms with E-state index in [0.717, 1.165) is 17.7 Å². The third-order valence-electron chi connectivity index (χ3n) is 4.97. The summed E-state index contributed by atoms with van der Waals surface area (Å²) in [5.41, 5.74) is 1.98. The van der Waals surface area contributed by atoms with Crippen molar-refractivity contribution in [3.05, 3.63) is 108 Å². The van der Waals surface area contributed by atoms with Gasteiger partial charge in [0.15, 0.2) is 0 Å². The second-order valence-corrected chi connectivity index (χ2v) is 6.58. The Hall–Kier alpha value is -2.42. The molecule has 0 fully saturated rings. The van der Waals surface area contributed by atoms with Crippen molar-refractivity contribution in [2.24, 2.45) is 0 Å². The normalized spacial score (nSPS) is 13.0. The van der Waals surface area contributed by atoms with Crippen molar-refractivity contribution in [1.29, 1.82) is 0 Å². The van der Waals surface area contributed by atoms with Gasteiger partial charge >= 0.3 is 0 Å². The lowest BCUT2D eigenvalue weighted by Crippen LogP contribution is -2.48. The Morgan fingerprint density at radius 3 is 1.60 bits per heavy atom. The molecule has 3 aromatic carbocycles. The summed E-state index contributed by atoms with van der Waals surface area (Å²) in [4.78, 5) is 2.20. The van der Waals surface area contributed by atoms with Crippen LogP contribution < -0.4 is 0 Å². The van der Waals surface area contributed by atoms with Crippen molar-refractivity contribution < 1.29 is 5.11 Å². The highest BCUT2D eigenvalue weighted by atomic mass is 16.3. The fourth-order valence-corrected chi connectivity index (χ4v) is 3.36. The standard InChI is InChI=1S/C23H25NO/c1-19(24(2)18-20-12-6-3-7-13-20)23(25,21-14-8-4-9-15-21)22-16-10-5-11-17-22/h3-17,19,25H,18H2,1-2H3/t19-/m0/s1. The lowest BCUT2D eigenvalue weighted by molar-refractivity contribution is -0.00637. The molecule has 2 heteroatoms. The molecule has 0 aliphatic rings. The maximum atomic E-state index is 11.8. The van der Waals surface area contributed by atoms with Crippen molar-refractivity contribution in [3.63, 3.8) is 0 Å². The van der Waals surface area contributed by atoms with Gasteiger partial charge in [-0.3, -0.25) is 4.90 Å². The van der Waals surface area contributed by atoms with Gasteiger partial charge < -0.3 is 5.11 Å². The zero-order chi connectivity index (χ0) is 17.7. The van der Waals surface area contributed by atoms with Crippen LogP contribution in [0.15, 0.2) is 91.0 Å². The van der Waals surface area contributed by atoms with E-state index in [4.69, 9.17) is 0 Å². The van der Waals surface area contributed by atoms with E-state index < -0.39 is 5.60 Å². The third kappa shape index (κ3) is 3.65. The summed E-state index contributed by atoms with van der Waals surface area (Å²) in [6.07, 6.45) is 0. The Morgan fingerprint density at radius 1 is 0.760 bits per heavy atom. The largest absolute Gasteiger partial charge is 0.379 e. The van der Waals surface area contributed by atoms with E-state index in [9.17, 15) is 5.11 Å². The molecule has 0 bridgehead atoms. The molecule has 0 unspecified atom stereocenters. The molecule has 1 N–H and O–H groups in total. The first kappa shape index (κ1) is 17.4. The van der Waals surface area contributed by atoms with Gasteiger partial charge in [-0.15, -0.1) is 0 Å². The molecule has 3 rings (SSSR count). The molecular weight excluding hydrogens is 306 g/mol. The number of aliphatic hydroxyl groups is 1. The Balaban J connectivity index is 1.97. The molecule has 0 saturated carbocycles. The predicted octanol–water partition coefficient (Wildman–Crippen LogP) is 4.44. The van der Waals surface area contributed by atoms with Gasteiger partial charge in [0.2, 0.25) is 0 Å². The number of rotatable bonds is 6. The summed E-state index contributed by atoms with van der Waals surface area (Å²) in [5, 5.41) is 11.8. The van der Waals surface area contributed by atoms with Crippen molar-refractivity contribution in [2.45, 2.75) is 25.1 Å². The maximum absolute atomic E-state index is 11.8. The van der Waals surface area contributed by atoms with Crippen LogP contribution in [0.3, 0.4) is 0 Å². The summed E-state index contributed by atoms with van der Waals surface area (Å²) in [7, 11) is 2.06. The summed E-state index contributed by atoms with van der Waals surface area (Å²) in [5.74, 6) is 0. The fraction of sp³-hybridized carbons (Fsp3) is 0.217. The van der Waals surface area contributed by atoms with Crippen molar-refractivity contribution in [1.82, 2.24) is 4.90 Å². The second-order valence-electron chi connectivity index (χ2n) is 6.58. The Morgan fingerprint density at radius 2 is 1.16 bits per heavy atom. The smallest absolute Gasteiger partial charge is 0.130 e. The third-order valence-corrected chi connectivity index (χ3v) is 4.97. The summed E-state index contributed by atoms with van der Waals surface area (Å²) in [6, 6.07) is 30.1. The summed E-state index contributed by atoms with van der Waals surface area (Å²) < 4.78 is 0. The van der Waals surface area contributed by atoms with Gasteiger partial charge in [-0.25, -0.2) is 0 Å². The number of hydrogen-bond donors (Lipinski definition) is 1. The van der Waals surface area contributed by atoms with Crippen LogP contribution in [0.25, 0.3) is 0 Å². The average molecular weight is 331 g/mol. The highest BCUT2D eigenvalue weighted by Crippen LogP contribution is 2.35. The van der Waals surface area contributed by atoms with Crippen LogP contribution in [0.1, 0.15) is 23.6 Å². The number of benzene rings is 3. The summed E-state index contributed by atoms with van der Waals surface area (Å²) in [6.45, 7) is 2.87. The van der Waals surface area contributed by atoms with Crippen LogP contribution >= 0.6 is 0 Å². The fourth-order valence-electron chi connectivity index (χ4n) is 3.36. The minimum atomic E-state index is -1.08. The Kier molecular flexibility index (Phi) is 5.32. The van der Waals surface area contributed by atoms with Crippen LogP contribution in [0.2, 0.25) is 0 Å². The van der Waals surface area contributed by atoms with Crippen molar-refractivity contribution >= 4 is 0 Å². The highest BCUT2D eigenvalue weighted by molar-refractivity contribution is 5.38. The number of nitrogens with zero attached hydrogens (tertiary/aromatic N) is 1. The quantitative estimate of drug-likeness (QED) is 0.722. The van der Waals surface area contributed by atoms with Crippen LogP contribution in [0, 0.1) is 0 Å². The van der Waals surface area contributed by atoms with Crippen molar-refractivity contribution in [3.8, 4) is 0 Å². The molecule has 0 saturated heterocycles. The molecule has 0 aliphatic carbocycles. The first-order valence-electron chi connectivity index (χ1n) is 8.70. The second kappa shape index (κ2) is 7.64. The van der Waals surface area contributed by atoms with Crippen LogP contribution in [-0.4, -0.2) is 23.1 Å². The van der Waals surface area contributed by atoms with Gasteiger partial charge in [0, 0.05) is 12.6 Å². The molecule has 0 aliphatic heterocycles. The maximum Gasteiger partial charge on any atom is 0.130 e. The molecule has 128 valence electrons. The Labute approximate surface area is 150 Å². The van der Waals surface area contributed by atoms with Gasteiger partial charge in [0.05, 0.1) is 0 Å². The molecule has 0 radical (unpaired) electrons. The lowest BCUT2D eigenvalue weighted by Gasteiger charge is -2.40. The number of likely N-dealkylation sites (N-methyl/N-ethyl adjacent to an activating group) is 1. The van der Waals surface area contributed by atoms with E-state index in [-0.39, 0.29) is 6.04 Å². The van der Waals surface area contributed by atoms with Gasteiger partial charge in [0.25, 0.3) is 0 Å². The zero-order valence-corrected chi connectivity index (χ0v) is 14.8. The molecule has 0 heterocycles. The monoisotopic (exact) mass is 331 g/mol. The molecule has 1 atom stereocenters. The van der Waals surface area contributed by atoms with E-state index in [1.54, 1.807) is 0 Å². The molecule has 0 aromatic heterocycles. The topological polar surface area (TPSA) is 23.5 Å². The molecule has 0 spiro atoms. The van der Waals surface area contributed by atoms with E-state index in [1.807, 2.05) is 66.7 Å². The van der Waals surface area contributed by atoms with Gasteiger partial charge in [0.1, 0.15) is 5.60 Å². The SMILES string of the molecule is C[C@H](N(C)Cc1ccccc1)C(O)(c1ccccc1)c1ccccc1. The van der Waals surface area contributed by atoms with Crippen LogP contribution in [0.4, 0.5) is 0 Å². The summed E-state index contributed by atoms with van der Waals surface area (Å²) >= 11 is 0. The van der Waals surface area contributed by atoms with E-state index >= 15 is 0 Å². The number of hydrogen-bond acceptors (Lipinski definition) is 2. The first-order chi connectivity index (χ1) is 12.1. The Bertz CT molecular complexity index is 731. The highest BCUT2D eigenvalue weighted by Gasteiger charge is 2.39. The molecule has 25 heavy (non-hydrogen) atoms. The van der Waals surface area contributed by atoms with Gasteiger partial charge in [-0.2, -0.15) is 0 Å². The van der Waals surface area contributed by atoms with Gasteiger partial charge in [-0.1, -0.05) is 91.0 Å². The molecule has 0 amide bonds. The first-order valence-corrected chi connectivity index (χ1v) is 8.70. The minimum absolute atomic E-state index is 0.0995. The molecule has 2 nitrogen and oxygen atoms in total.